The maximum Gasteiger partial charge on any atom is 0.434 e. The lowest BCUT2D eigenvalue weighted by atomic mass is 9.98. The van der Waals surface area contributed by atoms with Crippen LogP contribution in [0.1, 0.15) is 31.4 Å². The van der Waals surface area contributed by atoms with Crippen LogP contribution in [-0.2, 0) is 6.18 Å². The molecule has 3 unspecified atom stereocenters. The monoisotopic (exact) mass is 258 g/mol. The summed E-state index contributed by atoms with van der Waals surface area (Å²) in [6.45, 7) is 0. The number of rotatable bonds is 2. The molecule has 1 heterocycles. The summed E-state index contributed by atoms with van der Waals surface area (Å²) in [5, 5.41) is 0. The van der Waals surface area contributed by atoms with Gasteiger partial charge in [-0.3, -0.25) is 0 Å². The third kappa shape index (κ3) is 2.15. The molecule has 3 atom stereocenters. The first kappa shape index (κ1) is 11.7. The minimum atomic E-state index is -4.45. The third-order valence-corrected chi connectivity index (χ3v) is 3.86. The van der Waals surface area contributed by atoms with Gasteiger partial charge < -0.3 is 4.74 Å². The van der Waals surface area contributed by atoms with Crippen molar-refractivity contribution in [3.05, 3.63) is 18.1 Å². The minimum absolute atomic E-state index is 0.106. The van der Waals surface area contributed by atoms with E-state index in [1.807, 2.05) is 0 Å². The second-order valence-electron chi connectivity index (χ2n) is 5.07. The molecule has 3 nitrogen and oxygen atoms in total. The van der Waals surface area contributed by atoms with Crippen LogP contribution >= 0.6 is 0 Å². The average molecular weight is 258 g/mol. The van der Waals surface area contributed by atoms with E-state index in [9.17, 15) is 13.2 Å². The van der Waals surface area contributed by atoms with Crippen LogP contribution in [0, 0.1) is 11.8 Å². The van der Waals surface area contributed by atoms with E-state index < -0.39 is 11.9 Å². The van der Waals surface area contributed by atoms with Crippen LogP contribution in [0.5, 0.6) is 5.88 Å². The van der Waals surface area contributed by atoms with Crippen LogP contribution in [0.3, 0.4) is 0 Å². The lowest BCUT2D eigenvalue weighted by molar-refractivity contribution is -0.141. The largest absolute Gasteiger partial charge is 0.473 e. The Morgan fingerprint density at radius 1 is 1.11 bits per heavy atom. The number of ether oxygens (including phenoxy) is 1. The van der Waals surface area contributed by atoms with Crippen molar-refractivity contribution in [3.63, 3.8) is 0 Å². The molecule has 0 saturated heterocycles. The van der Waals surface area contributed by atoms with Crippen LogP contribution in [0.25, 0.3) is 0 Å². The van der Waals surface area contributed by atoms with E-state index in [0.29, 0.717) is 5.92 Å². The Hall–Kier alpha value is -1.33. The van der Waals surface area contributed by atoms with Crippen molar-refractivity contribution in [2.45, 2.75) is 38.0 Å². The van der Waals surface area contributed by atoms with E-state index in [1.165, 1.54) is 12.8 Å². The molecule has 18 heavy (non-hydrogen) atoms. The fourth-order valence-corrected chi connectivity index (χ4v) is 3.01. The van der Waals surface area contributed by atoms with E-state index in [4.69, 9.17) is 4.74 Å². The first-order valence-electron chi connectivity index (χ1n) is 6.08. The van der Waals surface area contributed by atoms with Gasteiger partial charge in [0, 0.05) is 0 Å². The summed E-state index contributed by atoms with van der Waals surface area (Å²) in [4.78, 5) is 7.03. The number of alkyl halides is 3. The van der Waals surface area contributed by atoms with Gasteiger partial charge in [-0.2, -0.15) is 13.2 Å². The Morgan fingerprint density at radius 3 is 2.44 bits per heavy atom. The topological polar surface area (TPSA) is 35.0 Å². The van der Waals surface area contributed by atoms with Crippen LogP contribution in [0.4, 0.5) is 13.2 Å². The zero-order valence-corrected chi connectivity index (χ0v) is 9.65. The van der Waals surface area contributed by atoms with Gasteiger partial charge in [-0.05, 0) is 37.5 Å². The van der Waals surface area contributed by atoms with Gasteiger partial charge in [0.25, 0.3) is 0 Å². The Balaban J connectivity index is 1.67. The zero-order valence-electron chi connectivity index (χ0n) is 9.65. The van der Waals surface area contributed by atoms with Gasteiger partial charge in [-0.25, -0.2) is 9.97 Å². The number of halogens is 3. The molecule has 3 rings (SSSR count). The van der Waals surface area contributed by atoms with Crippen LogP contribution < -0.4 is 4.74 Å². The molecule has 2 aliphatic carbocycles. The van der Waals surface area contributed by atoms with Crippen LogP contribution in [0.2, 0.25) is 0 Å². The van der Waals surface area contributed by atoms with E-state index >= 15 is 0 Å². The number of hydrogen-bond donors (Lipinski definition) is 0. The predicted molar refractivity (Wildman–Crippen MR) is 56.9 cm³/mol. The van der Waals surface area contributed by atoms with Crippen molar-refractivity contribution in [1.29, 1.82) is 0 Å². The molecule has 1 aromatic rings. The molecule has 0 N–H and O–H groups in total. The number of nitrogens with zero attached hydrogens (tertiary/aromatic N) is 2. The van der Waals surface area contributed by atoms with E-state index in [0.717, 1.165) is 31.2 Å². The summed E-state index contributed by atoms with van der Waals surface area (Å²) < 4.78 is 42.5. The molecule has 0 spiro atoms. The number of aromatic nitrogens is 2. The molecule has 0 amide bonds. The molecular formula is C12H13F3N2O. The standard InChI is InChI=1S/C12H13F3N2O/c13-12(14,15)10-5-17-11(6-16-10)18-9-4-7-1-2-8(9)3-7/h5-9H,1-4H2. The highest BCUT2D eigenvalue weighted by atomic mass is 19.4. The highest BCUT2D eigenvalue weighted by Crippen LogP contribution is 2.45. The first-order valence-corrected chi connectivity index (χ1v) is 6.08. The molecule has 2 aliphatic rings. The van der Waals surface area contributed by atoms with Crippen molar-refractivity contribution in [1.82, 2.24) is 9.97 Å². The van der Waals surface area contributed by atoms with E-state index in [-0.39, 0.29) is 12.0 Å². The van der Waals surface area contributed by atoms with Gasteiger partial charge in [0.05, 0.1) is 12.4 Å². The highest BCUT2D eigenvalue weighted by Gasteiger charge is 2.41. The lowest BCUT2D eigenvalue weighted by Gasteiger charge is -2.22. The SMILES string of the molecule is FC(F)(F)c1cnc(OC2CC3CCC2C3)cn1. The highest BCUT2D eigenvalue weighted by molar-refractivity contribution is 5.10. The zero-order chi connectivity index (χ0) is 12.8. The minimum Gasteiger partial charge on any atom is -0.473 e. The van der Waals surface area contributed by atoms with Gasteiger partial charge in [0.2, 0.25) is 5.88 Å². The van der Waals surface area contributed by atoms with Crippen molar-refractivity contribution in [2.75, 3.05) is 0 Å². The summed E-state index contributed by atoms with van der Waals surface area (Å²) in [5.74, 6) is 1.46. The molecule has 2 saturated carbocycles. The predicted octanol–water partition coefficient (Wildman–Crippen LogP) is 3.06. The molecule has 6 heteroatoms. The molecular weight excluding hydrogens is 245 g/mol. The molecule has 2 fully saturated rings. The fourth-order valence-electron chi connectivity index (χ4n) is 3.01. The quantitative estimate of drug-likeness (QED) is 0.817. The number of fused-ring (bicyclic) bond motifs is 2. The summed E-state index contributed by atoms with van der Waals surface area (Å²) in [6.07, 6.45) is 2.03. The van der Waals surface area contributed by atoms with Crippen LogP contribution in [-0.4, -0.2) is 16.1 Å². The Morgan fingerprint density at radius 2 is 1.94 bits per heavy atom. The van der Waals surface area contributed by atoms with E-state index in [1.54, 1.807) is 0 Å². The lowest BCUT2D eigenvalue weighted by Crippen LogP contribution is -2.24. The van der Waals surface area contributed by atoms with Gasteiger partial charge >= 0.3 is 6.18 Å². The third-order valence-electron chi connectivity index (χ3n) is 3.86. The van der Waals surface area contributed by atoms with Gasteiger partial charge in [-0.1, -0.05) is 0 Å². The Labute approximate surface area is 102 Å². The molecule has 98 valence electrons. The second-order valence-corrected chi connectivity index (χ2v) is 5.07. The van der Waals surface area contributed by atoms with Crippen LogP contribution in [0.15, 0.2) is 12.4 Å². The normalized spacial score (nSPS) is 30.7. The van der Waals surface area contributed by atoms with Gasteiger partial charge in [-0.15, -0.1) is 0 Å². The fraction of sp³-hybridized carbons (Fsp3) is 0.667. The summed E-state index contributed by atoms with van der Waals surface area (Å²) in [7, 11) is 0. The van der Waals surface area contributed by atoms with Gasteiger partial charge in [0.1, 0.15) is 6.10 Å². The maximum absolute atomic E-state index is 12.3. The molecule has 1 aromatic heterocycles. The molecule has 0 radical (unpaired) electrons. The average Bonchev–Trinajstić information content (AvgIpc) is 2.90. The molecule has 0 aliphatic heterocycles. The molecule has 2 bridgehead atoms. The van der Waals surface area contributed by atoms with Crippen molar-refractivity contribution in [2.24, 2.45) is 11.8 Å². The Bertz CT molecular complexity index is 432. The first-order chi connectivity index (χ1) is 8.52. The maximum atomic E-state index is 12.3. The summed E-state index contributed by atoms with van der Waals surface area (Å²) in [5.41, 5.74) is -0.984. The van der Waals surface area contributed by atoms with E-state index in [2.05, 4.69) is 9.97 Å². The number of hydrogen-bond acceptors (Lipinski definition) is 3. The van der Waals surface area contributed by atoms with Crippen molar-refractivity contribution >= 4 is 0 Å². The summed E-state index contributed by atoms with van der Waals surface area (Å²) in [6, 6.07) is 0. The second kappa shape index (κ2) is 4.10. The van der Waals surface area contributed by atoms with Crippen molar-refractivity contribution in [3.8, 4) is 5.88 Å². The smallest absolute Gasteiger partial charge is 0.434 e. The van der Waals surface area contributed by atoms with Crippen molar-refractivity contribution < 1.29 is 17.9 Å². The summed E-state index contributed by atoms with van der Waals surface area (Å²) >= 11 is 0. The van der Waals surface area contributed by atoms with Gasteiger partial charge in [0.15, 0.2) is 5.69 Å². The Kier molecular flexibility index (Phi) is 2.68. The molecule has 0 aromatic carbocycles.